The second kappa shape index (κ2) is 7.72. The molecule has 1 aliphatic carbocycles. The summed E-state index contributed by atoms with van der Waals surface area (Å²) in [5.74, 6) is -0.647. The van der Waals surface area contributed by atoms with E-state index in [1.165, 1.54) is 59.2 Å². The number of carboxylic acid groups (broad SMARTS) is 1. The van der Waals surface area contributed by atoms with Crippen LogP contribution in [0.4, 0.5) is 11.4 Å². The van der Waals surface area contributed by atoms with Gasteiger partial charge < -0.3 is 10.0 Å². The van der Waals surface area contributed by atoms with Crippen LogP contribution in [-0.4, -0.2) is 17.1 Å². The second-order valence-electron chi connectivity index (χ2n) is 8.26. The highest BCUT2D eigenvalue weighted by atomic mass is 32.1. The van der Waals surface area contributed by atoms with Crippen LogP contribution in [0.5, 0.6) is 0 Å². The Bertz CT molecular complexity index is 1230. The van der Waals surface area contributed by atoms with Crippen LogP contribution >= 0.6 is 11.3 Å². The number of aryl methyl sites for hydroxylation is 1. The molecule has 1 aliphatic heterocycles. The zero-order valence-corrected chi connectivity index (χ0v) is 18.0. The lowest BCUT2D eigenvalue weighted by Crippen LogP contribution is -2.26. The smallest absolute Gasteiger partial charge is 0.346 e. The van der Waals surface area contributed by atoms with E-state index in [0.29, 0.717) is 12.0 Å². The topological polar surface area (TPSA) is 64.3 Å². The summed E-state index contributed by atoms with van der Waals surface area (Å²) in [6, 6.07) is 21.7. The molecule has 154 valence electrons. The Balaban J connectivity index is 1.52. The van der Waals surface area contributed by atoms with Gasteiger partial charge in [0.2, 0.25) is 0 Å². The maximum atomic E-state index is 11.1. The summed E-state index contributed by atoms with van der Waals surface area (Å²) in [4.78, 5) is 15.5. The lowest BCUT2D eigenvalue weighted by molar-refractivity contribution is -0.132. The highest BCUT2D eigenvalue weighted by molar-refractivity contribution is 7.16. The average Bonchev–Trinajstić information content (AvgIpc) is 3.48. The van der Waals surface area contributed by atoms with Gasteiger partial charge >= 0.3 is 5.97 Å². The van der Waals surface area contributed by atoms with Crippen molar-refractivity contribution in [2.24, 2.45) is 0 Å². The van der Waals surface area contributed by atoms with Crippen molar-refractivity contribution in [3.05, 3.63) is 76.2 Å². The van der Waals surface area contributed by atoms with Crippen LogP contribution in [0, 0.1) is 18.3 Å². The minimum atomic E-state index is -1.20. The standard InChI is InChI=1S/C26H22N2O2S/c1-16-5-8-19(9-6-16)28-23-4-2-3-21(23)22-14-17(7-11-24(22)28)25-12-10-20(31-25)13-18(15-27)26(29)30/h5-14,21,23H,2-4H2,1H3,(H,29,30)/b18-13-. The maximum Gasteiger partial charge on any atom is 0.346 e. The van der Waals surface area contributed by atoms with E-state index in [2.05, 4.69) is 54.3 Å². The lowest BCUT2D eigenvalue weighted by atomic mass is 9.95. The summed E-state index contributed by atoms with van der Waals surface area (Å²) < 4.78 is 0. The van der Waals surface area contributed by atoms with Crippen molar-refractivity contribution < 1.29 is 9.90 Å². The van der Waals surface area contributed by atoms with Gasteiger partial charge in [-0.1, -0.05) is 30.2 Å². The molecule has 1 fully saturated rings. The number of anilines is 2. The van der Waals surface area contributed by atoms with Gasteiger partial charge in [0.15, 0.2) is 0 Å². The Morgan fingerprint density at radius 1 is 1.16 bits per heavy atom. The molecule has 31 heavy (non-hydrogen) atoms. The molecule has 5 rings (SSSR count). The number of nitrogens with zero attached hydrogens (tertiary/aromatic N) is 2. The maximum absolute atomic E-state index is 11.1. The molecule has 1 N–H and O–H groups in total. The first-order chi connectivity index (χ1) is 15.0. The molecule has 4 nitrogen and oxygen atoms in total. The quantitative estimate of drug-likeness (QED) is 0.382. The highest BCUT2D eigenvalue weighted by Gasteiger charge is 2.42. The molecule has 2 atom stereocenters. The molecule has 2 unspecified atom stereocenters. The lowest BCUT2D eigenvalue weighted by Gasteiger charge is -2.27. The zero-order chi connectivity index (χ0) is 21.5. The van der Waals surface area contributed by atoms with Crippen LogP contribution in [0.15, 0.2) is 60.2 Å². The summed E-state index contributed by atoms with van der Waals surface area (Å²) in [6.07, 6.45) is 5.12. The molecule has 5 heteroatoms. The average molecular weight is 427 g/mol. The van der Waals surface area contributed by atoms with Gasteiger partial charge in [-0.3, -0.25) is 0 Å². The van der Waals surface area contributed by atoms with Crippen LogP contribution in [0.2, 0.25) is 0 Å². The molecule has 0 saturated heterocycles. The van der Waals surface area contributed by atoms with Gasteiger partial charge in [0.25, 0.3) is 0 Å². The van der Waals surface area contributed by atoms with Gasteiger partial charge in [-0.15, -0.1) is 11.3 Å². The van der Waals surface area contributed by atoms with Crippen LogP contribution in [0.3, 0.4) is 0 Å². The fourth-order valence-electron chi connectivity index (χ4n) is 4.92. The van der Waals surface area contributed by atoms with Gasteiger partial charge in [0, 0.05) is 33.1 Å². The van der Waals surface area contributed by atoms with Crippen LogP contribution in [0.1, 0.15) is 41.2 Å². The summed E-state index contributed by atoms with van der Waals surface area (Å²) in [5.41, 5.74) is 6.14. The van der Waals surface area contributed by atoms with Gasteiger partial charge in [-0.05, 0) is 73.4 Å². The van der Waals surface area contributed by atoms with E-state index in [0.717, 1.165) is 15.3 Å². The first-order valence-corrected chi connectivity index (χ1v) is 11.3. The Labute approximate surface area is 185 Å². The number of thiophene rings is 1. The van der Waals surface area contributed by atoms with Gasteiger partial charge in [-0.25, -0.2) is 4.79 Å². The second-order valence-corrected chi connectivity index (χ2v) is 9.38. The Kier molecular flexibility index (Phi) is 4.88. The third-order valence-electron chi connectivity index (χ3n) is 6.36. The first kappa shape index (κ1) is 19.6. The van der Waals surface area contributed by atoms with Crippen molar-refractivity contribution in [3.8, 4) is 16.5 Å². The molecule has 0 bridgehead atoms. The molecule has 1 aromatic heterocycles. The number of benzene rings is 2. The third-order valence-corrected chi connectivity index (χ3v) is 7.44. The van der Waals surface area contributed by atoms with E-state index >= 15 is 0 Å². The first-order valence-electron chi connectivity index (χ1n) is 10.5. The number of fused-ring (bicyclic) bond motifs is 3. The molecule has 1 saturated carbocycles. The van der Waals surface area contributed by atoms with E-state index in [1.54, 1.807) is 6.07 Å². The van der Waals surface area contributed by atoms with E-state index in [9.17, 15) is 4.79 Å². The normalized spacial score (nSPS) is 19.7. The van der Waals surface area contributed by atoms with Crippen LogP contribution < -0.4 is 4.90 Å². The van der Waals surface area contributed by atoms with Crippen LogP contribution in [0.25, 0.3) is 16.5 Å². The van der Waals surface area contributed by atoms with Crippen molar-refractivity contribution in [2.75, 3.05) is 4.90 Å². The SMILES string of the molecule is Cc1ccc(N2c3ccc(-c4ccc(/C=C(/C#N)C(=O)O)s4)cc3C3CCCC32)cc1. The van der Waals surface area contributed by atoms with Crippen molar-refractivity contribution in [3.63, 3.8) is 0 Å². The molecule has 3 aromatic rings. The fourth-order valence-corrected chi connectivity index (χ4v) is 5.87. The van der Waals surface area contributed by atoms with Crippen molar-refractivity contribution in [1.29, 1.82) is 5.26 Å². The highest BCUT2D eigenvalue weighted by Crippen LogP contribution is 2.53. The summed E-state index contributed by atoms with van der Waals surface area (Å²) >= 11 is 1.51. The molecule has 2 heterocycles. The predicted molar refractivity (Wildman–Crippen MR) is 125 cm³/mol. The number of nitriles is 1. The molecular weight excluding hydrogens is 404 g/mol. The predicted octanol–water partition coefficient (Wildman–Crippen LogP) is 6.50. The number of carboxylic acids is 1. The van der Waals surface area contributed by atoms with E-state index in [-0.39, 0.29) is 5.57 Å². The number of carbonyl (C=O) groups is 1. The van der Waals surface area contributed by atoms with Crippen molar-refractivity contribution in [2.45, 2.75) is 38.1 Å². The third kappa shape index (κ3) is 3.43. The summed E-state index contributed by atoms with van der Waals surface area (Å²) in [6.45, 7) is 2.12. The van der Waals surface area contributed by atoms with E-state index in [1.807, 2.05) is 12.1 Å². The number of hydrogen-bond acceptors (Lipinski definition) is 4. The van der Waals surface area contributed by atoms with Crippen molar-refractivity contribution >= 4 is 34.8 Å². The van der Waals surface area contributed by atoms with E-state index < -0.39 is 5.97 Å². The largest absolute Gasteiger partial charge is 0.477 e. The Morgan fingerprint density at radius 2 is 1.97 bits per heavy atom. The van der Waals surface area contributed by atoms with Gasteiger partial charge in [0.1, 0.15) is 11.6 Å². The zero-order valence-electron chi connectivity index (χ0n) is 17.2. The molecular formula is C26H22N2O2S. The number of hydrogen-bond donors (Lipinski definition) is 1. The summed E-state index contributed by atoms with van der Waals surface area (Å²) in [5, 5.41) is 18.1. The minimum absolute atomic E-state index is 0.245. The van der Waals surface area contributed by atoms with Crippen molar-refractivity contribution in [1.82, 2.24) is 0 Å². The molecule has 2 aliphatic rings. The van der Waals surface area contributed by atoms with Gasteiger partial charge in [-0.2, -0.15) is 5.26 Å². The monoisotopic (exact) mass is 426 g/mol. The fraction of sp³-hybridized carbons (Fsp3) is 0.231. The van der Waals surface area contributed by atoms with Crippen LogP contribution in [-0.2, 0) is 4.79 Å². The molecule has 0 amide bonds. The summed E-state index contributed by atoms with van der Waals surface area (Å²) in [7, 11) is 0. The van der Waals surface area contributed by atoms with E-state index in [4.69, 9.17) is 10.4 Å². The minimum Gasteiger partial charge on any atom is -0.477 e. The number of rotatable bonds is 4. The van der Waals surface area contributed by atoms with Gasteiger partial charge in [0.05, 0.1) is 0 Å². The Hall–Kier alpha value is -3.36. The number of aliphatic carboxylic acids is 1. The molecule has 2 aromatic carbocycles. The Morgan fingerprint density at radius 3 is 2.71 bits per heavy atom. The molecule has 0 radical (unpaired) electrons. The molecule has 0 spiro atoms.